The lowest BCUT2D eigenvalue weighted by atomic mass is 9.45. The maximum atomic E-state index is 14.8. The van der Waals surface area contributed by atoms with Crippen molar-refractivity contribution in [2.75, 3.05) is 38.7 Å². The summed E-state index contributed by atoms with van der Waals surface area (Å²) >= 11 is 0. The molecule has 10 nitrogen and oxygen atoms in total. The van der Waals surface area contributed by atoms with Crippen molar-refractivity contribution in [1.82, 2.24) is 29.7 Å². The first-order valence-electron chi connectivity index (χ1n) is 16.9. The summed E-state index contributed by atoms with van der Waals surface area (Å²) < 4.78 is 35.2. The number of aryl methyl sites for hydroxylation is 1. The highest BCUT2D eigenvalue weighted by Crippen LogP contribution is 2.61. The molecule has 3 saturated carbocycles. The SMILES string of the molecule is COc1ccc(CCn2c(-c3ncc[nH]3)nc3cc(NC(=NC4C[C@H]5C[C@@H]([C@@H]4C)C5(C)C)N4CCN[C@@H](CF)C4)ccc3c2=O)c(F)c1. The number of guanidine groups is 1. The number of benzene rings is 2. The number of hydrogen-bond acceptors (Lipinski definition) is 6. The molecule has 3 heterocycles. The first-order valence-corrected chi connectivity index (χ1v) is 16.9. The Bertz CT molecular complexity index is 1870. The van der Waals surface area contributed by atoms with Crippen molar-refractivity contribution in [2.45, 2.75) is 58.7 Å². The second-order valence-electron chi connectivity index (χ2n) is 14.1. The van der Waals surface area contributed by atoms with Crippen molar-refractivity contribution in [1.29, 1.82) is 0 Å². The molecule has 4 aliphatic rings. The molecule has 0 amide bonds. The van der Waals surface area contributed by atoms with Gasteiger partial charge in [-0.25, -0.2) is 23.7 Å². The zero-order chi connectivity index (χ0) is 33.6. The van der Waals surface area contributed by atoms with Gasteiger partial charge in [-0.1, -0.05) is 26.8 Å². The molecule has 1 aliphatic heterocycles. The van der Waals surface area contributed by atoms with E-state index in [2.05, 4.69) is 46.3 Å². The number of aromatic amines is 1. The van der Waals surface area contributed by atoms with Crippen LogP contribution in [0.4, 0.5) is 14.5 Å². The number of imidazole rings is 1. The predicted octanol–water partition coefficient (Wildman–Crippen LogP) is 5.26. The zero-order valence-electron chi connectivity index (χ0n) is 28.0. The Balaban J connectivity index is 1.22. The highest BCUT2D eigenvalue weighted by atomic mass is 19.1. The molecule has 2 aromatic heterocycles. The van der Waals surface area contributed by atoms with E-state index < -0.39 is 12.5 Å². The van der Waals surface area contributed by atoms with Gasteiger partial charge in [0, 0.05) is 50.3 Å². The third-order valence-corrected chi connectivity index (χ3v) is 11.1. The minimum atomic E-state index is -0.450. The van der Waals surface area contributed by atoms with Crippen LogP contribution in [-0.2, 0) is 13.0 Å². The number of rotatable bonds is 8. The Morgan fingerprint density at radius 1 is 1.21 bits per heavy atom. The van der Waals surface area contributed by atoms with Gasteiger partial charge in [-0.2, -0.15) is 0 Å². The summed E-state index contributed by atoms with van der Waals surface area (Å²) in [6.45, 7) is 8.72. The predicted molar refractivity (Wildman–Crippen MR) is 184 cm³/mol. The van der Waals surface area contributed by atoms with Gasteiger partial charge in [-0.3, -0.25) is 9.36 Å². The van der Waals surface area contributed by atoms with E-state index in [9.17, 15) is 13.6 Å². The fraction of sp³-hybridized carbons (Fsp3) is 0.500. The zero-order valence-corrected chi connectivity index (χ0v) is 28.0. The van der Waals surface area contributed by atoms with Crippen molar-refractivity contribution < 1.29 is 13.5 Å². The quantitative estimate of drug-likeness (QED) is 0.175. The van der Waals surface area contributed by atoms with Crippen LogP contribution in [0.1, 0.15) is 39.2 Å². The summed E-state index contributed by atoms with van der Waals surface area (Å²) in [5.74, 6) is 3.31. The monoisotopic (exact) mass is 658 g/mol. The Morgan fingerprint density at radius 2 is 2.06 bits per heavy atom. The molecule has 4 fully saturated rings. The molecule has 12 heteroatoms. The van der Waals surface area contributed by atoms with Crippen molar-refractivity contribution in [3.63, 3.8) is 0 Å². The number of alkyl halides is 1. The van der Waals surface area contributed by atoms with E-state index in [0.717, 1.165) is 18.1 Å². The lowest BCUT2D eigenvalue weighted by Gasteiger charge is -2.61. The molecular formula is C36H44F2N8O2. The largest absolute Gasteiger partial charge is 0.497 e. The molecule has 8 rings (SSSR count). The summed E-state index contributed by atoms with van der Waals surface area (Å²) in [5.41, 5.74) is 1.81. The number of fused-ring (bicyclic) bond motifs is 3. The van der Waals surface area contributed by atoms with Crippen LogP contribution in [0, 0.1) is 29.0 Å². The number of nitrogens with one attached hydrogen (secondary N) is 3. The minimum Gasteiger partial charge on any atom is -0.497 e. The number of halogens is 2. The number of H-pyrrole nitrogens is 1. The van der Waals surface area contributed by atoms with E-state index in [0.29, 0.717) is 76.7 Å². The highest BCUT2D eigenvalue weighted by molar-refractivity contribution is 5.96. The number of methoxy groups -OCH3 is 1. The van der Waals surface area contributed by atoms with E-state index >= 15 is 0 Å². The van der Waals surface area contributed by atoms with E-state index in [1.165, 1.54) is 19.6 Å². The molecule has 1 saturated heterocycles. The van der Waals surface area contributed by atoms with Gasteiger partial charge in [0.2, 0.25) is 0 Å². The van der Waals surface area contributed by atoms with Crippen LogP contribution in [0.2, 0.25) is 0 Å². The van der Waals surface area contributed by atoms with Gasteiger partial charge in [0.05, 0.1) is 30.1 Å². The van der Waals surface area contributed by atoms with Crippen molar-refractivity contribution in [2.24, 2.45) is 28.2 Å². The van der Waals surface area contributed by atoms with Gasteiger partial charge < -0.3 is 25.3 Å². The fourth-order valence-corrected chi connectivity index (χ4v) is 8.06. The van der Waals surface area contributed by atoms with Crippen LogP contribution in [-0.4, -0.2) is 75.9 Å². The molecule has 3 N–H and O–H groups in total. The average molecular weight is 659 g/mol. The number of ether oxygens (including phenoxy) is 1. The molecule has 5 atom stereocenters. The molecule has 1 unspecified atom stereocenters. The first kappa shape index (κ1) is 32.2. The van der Waals surface area contributed by atoms with Crippen molar-refractivity contribution >= 4 is 22.5 Å². The summed E-state index contributed by atoms with van der Waals surface area (Å²) in [6, 6.07) is 10.1. The Labute approximate surface area is 279 Å². The summed E-state index contributed by atoms with van der Waals surface area (Å²) in [7, 11) is 1.49. The minimum absolute atomic E-state index is 0.176. The molecule has 4 aromatic rings. The molecule has 3 aliphatic carbocycles. The van der Waals surface area contributed by atoms with Gasteiger partial charge in [-0.15, -0.1) is 0 Å². The average Bonchev–Trinajstić information content (AvgIpc) is 3.63. The van der Waals surface area contributed by atoms with Gasteiger partial charge in [0.1, 0.15) is 18.2 Å². The maximum Gasteiger partial charge on any atom is 0.261 e. The van der Waals surface area contributed by atoms with Gasteiger partial charge in [-0.05, 0) is 72.3 Å². The molecule has 0 spiro atoms. The maximum absolute atomic E-state index is 14.8. The number of aliphatic imine (C=N–C) groups is 1. The number of piperazine rings is 1. The van der Waals surface area contributed by atoms with Gasteiger partial charge in [0.25, 0.3) is 5.56 Å². The second kappa shape index (κ2) is 12.9. The van der Waals surface area contributed by atoms with E-state index in [1.54, 1.807) is 35.2 Å². The molecule has 0 radical (unpaired) electrons. The summed E-state index contributed by atoms with van der Waals surface area (Å²) in [5, 5.41) is 7.25. The van der Waals surface area contributed by atoms with Gasteiger partial charge >= 0.3 is 0 Å². The fourth-order valence-electron chi connectivity index (χ4n) is 8.06. The van der Waals surface area contributed by atoms with Crippen LogP contribution in [0.5, 0.6) is 5.75 Å². The summed E-state index contributed by atoms with van der Waals surface area (Å²) in [4.78, 5) is 33.8. The molecule has 254 valence electrons. The molecular weight excluding hydrogens is 614 g/mol. The lowest BCUT2D eigenvalue weighted by Crippen LogP contribution is -2.58. The Hall–Kier alpha value is -4.32. The highest BCUT2D eigenvalue weighted by Gasteiger charge is 2.56. The van der Waals surface area contributed by atoms with Crippen molar-refractivity contribution in [3.05, 3.63) is 70.5 Å². The molecule has 2 bridgehead atoms. The second-order valence-corrected chi connectivity index (χ2v) is 14.1. The molecule has 48 heavy (non-hydrogen) atoms. The van der Waals surface area contributed by atoms with Crippen LogP contribution in [0.25, 0.3) is 22.6 Å². The van der Waals surface area contributed by atoms with Crippen LogP contribution in [0.3, 0.4) is 0 Å². The number of anilines is 1. The number of aromatic nitrogens is 4. The number of nitrogens with zero attached hydrogens (tertiary/aromatic N) is 5. The normalized spacial score (nSPS) is 25.2. The molecule has 2 aromatic carbocycles. The Kier molecular flexibility index (Phi) is 8.69. The third-order valence-electron chi connectivity index (χ3n) is 11.1. The first-order chi connectivity index (χ1) is 23.2. The van der Waals surface area contributed by atoms with E-state index in [4.69, 9.17) is 14.7 Å². The smallest absolute Gasteiger partial charge is 0.261 e. The van der Waals surface area contributed by atoms with E-state index in [1.807, 2.05) is 12.1 Å². The van der Waals surface area contributed by atoms with Gasteiger partial charge in [0.15, 0.2) is 17.6 Å². The van der Waals surface area contributed by atoms with Crippen LogP contribution < -0.4 is 20.9 Å². The Morgan fingerprint density at radius 3 is 2.77 bits per heavy atom. The van der Waals surface area contributed by atoms with Crippen molar-refractivity contribution in [3.8, 4) is 17.4 Å². The third kappa shape index (κ3) is 5.95. The van der Waals surface area contributed by atoms with Crippen LogP contribution in [0.15, 0.2) is 58.6 Å². The topological polar surface area (TPSA) is 112 Å². The lowest BCUT2D eigenvalue weighted by molar-refractivity contribution is -0.108. The number of hydrogen-bond donors (Lipinski definition) is 3. The summed E-state index contributed by atoms with van der Waals surface area (Å²) in [6.07, 6.45) is 5.87. The van der Waals surface area contributed by atoms with E-state index in [-0.39, 0.29) is 30.6 Å². The standard InChI is InChI=1S/C36H44F2N8O2/c1-21-28-15-23(36(28,2)3)16-30(21)44-35(45-14-12-39-25(19-37)20-45)42-24-6-8-27-31(17-24)43-33(32-40-10-11-41-32)46(34(27)47)13-9-22-5-7-26(48-4)18-29(22)38/h5-8,10-11,17-18,21,23,25,28,30,39H,9,12-16,19-20H2,1-4H3,(H,40,41)(H,42,44)/t21-,23+,25-,28-,30?/m0/s1. The van der Waals surface area contributed by atoms with Crippen LogP contribution >= 0.6 is 0 Å².